The van der Waals surface area contributed by atoms with Gasteiger partial charge in [-0.15, -0.1) is 11.3 Å². The van der Waals surface area contributed by atoms with E-state index in [1.165, 1.54) is 6.07 Å². The van der Waals surface area contributed by atoms with Crippen LogP contribution in [0.4, 0.5) is 11.4 Å². The van der Waals surface area contributed by atoms with Crippen molar-refractivity contribution in [1.29, 1.82) is 0 Å². The number of nitro groups is 1. The third-order valence-electron chi connectivity index (χ3n) is 5.01. The molecule has 3 aromatic rings. The van der Waals surface area contributed by atoms with E-state index in [9.17, 15) is 14.9 Å². The first-order valence-corrected chi connectivity index (χ1v) is 10.5. The van der Waals surface area contributed by atoms with Crippen LogP contribution in [0.1, 0.15) is 15.2 Å². The predicted molar refractivity (Wildman–Crippen MR) is 116 cm³/mol. The second-order valence-corrected chi connectivity index (χ2v) is 7.98. The van der Waals surface area contributed by atoms with Gasteiger partial charge in [0.1, 0.15) is 12.4 Å². The Morgan fingerprint density at radius 1 is 1.03 bits per heavy atom. The molecule has 4 rings (SSSR count). The molecule has 0 radical (unpaired) electrons. The number of thiophene rings is 1. The zero-order valence-electron chi connectivity index (χ0n) is 16.3. The van der Waals surface area contributed by atoms with Crippen LogP contribution in [-0.2, 0) is 6.61 Å². The van der Waals surface area contributed by atoms with Gasteiger partial charge in [-0.1, -0.05) is 18.2 Å². The minimum atomic E-state index is -0.392. The van der Waals surface area contributed by atoms with Gasteiger partial charge in [-0.25, -0.2) is 0 Å². The summed E-state index contributed by atoms with van der Waals surface area (Å²) >= 11 is 1.63. The minimum absolute atomic E-state index is 0.0322. The zero-order chi connectivity index (χ0) is 20.9. The van der Waals surface area contributed by atoms with Crippen molar-refractivity contribution < 1.29 is 14.5 Å². The second kappa shape index (κ2) is 8.96. The highest BCUT2D eigenvalue weighted by Crippen LogP contribution is 2.23. The molecule has 154 valence electrons. The Hall–Kier alpha value is -3.39. The summed E-state index contributed by atoms with van der Waals surface area (Å²) in [6.07, 6.45) is 0. The molecule has 1 aromatic heterocycles. The van der Waals surface area contributed by atoms with Crippen LogP contribution in [0, 0.1) is 10.1 Å². The van der Waals surface area contributed by atoms with E-state index in [0.29, 0.717) is 44.1 Å². The van der Waals surface area contributed by atoms with Crippen LogP contribution in [0.25, 0.3) is 0 Å². The highest BCUT2D eigenvalue weighted by atomic mass is 32.1. The lowest BCUT2D eigenvalue weighted by molar-refractivity contribution is -0.384. The van der Waals surface area contributed by atoms with Crippen molar-refractivity contribution >= 4 is 28.6 Å². The van der Waals surface area contributed by atoms with Crippen LogP contribution in [0.2, 0.25) is 0 Å². The van der Waals surface area contributed by atoms with Crippen LogP contribution in [0.15, 0.2) is 66.0 Å². The summed E-state index contributed by atoms with van der Waals surface area (Å²) in [5, 5.41) is 13.0. The molecule has 30 heavy (non-hydrogen) atoms. The van der Waals surface area contributed by atoms with Gasteiger partial charge in [0.05, 0.1) is 4.92 Å². The zero-order valence-corrected chi connectivity index (χ0v) is 17.1. The molecule has 0 saturated carbocycles. The number of nitrogens with zero attached hydrogens (tertiary/aromatic N) is 3. The molecule has 1 aliphatic rings. The number of carbonyl (C=O) groups is 1. The first-order valence-electron chi connectivity index (χ1n) is 9.64. The quantitative estimate of drug-likeness (QED) is 0.439. The maximum absolute atomic E-state index is 12.9. The van der Waals surface area contributed by atoms with Crippen molar-refractivity contribution in [1.82, 2.24) is 4.90 Å². The Morgan fingerprint density at radius 2 is 1.83 bits per heavy atom. The maximum atomic E-state index is 12.9. The minimum Gasteiger partial charge on any atom is -0.488 e. The van der Waals surface area contributed by atoms with Crippen LogP contribution in [0.5, 0.6) is 5.75 Å². The molecular formula is C22H21N3O4S. The number of piperazine rings is 1. The molecule has 2 heterocycles. The third-order valence-corrected chi connectivity index (χ3v) is 5.86. The number of benzene rings is 2. The van der Waals surface area contributed by atoms with Gasteiger partial charge in [0.2, 0.25) is 0 Å². The molecule has 1 fully saturated rings. The molecule has 2 aromatic carbocycles. The standard InChI is InChI=1S/C22H21N3O4S/c26-22(17-4-1-7-20(14-17)29-16-21-8-3-13-30-21)24-11-9-23(10-12-24)18-5-2-6-19(15-18)25(27)28/h1-8,13-15H,9-12,16H2. The number of amides is 1. The van der Waals surface area contributed by atoms with E-state index in [2.05, 4.69) is 4.90 Å². The fraction of sp³-hybridized carbons (Fsp3) is 0.227. The molecule has 0 N–H and O–H groups in total. The summed E-state index contributed by atoms with van der Waals surface area (Å²) < 4.78 is 5.81. The molecule has 0 bridgehead atoms. The van der Waals surface area contributed by atoms with E-state index >= 15 is 0 Å². The monoisotopic (exact) mass is 423 g/mol. The number of ether oxygens (including phenoxy) is 1. The van der Waals surface area contributed by atoms with E-state index in [4.69, 9.17) is 4.74 Å². The van der Waals surface area contributed by atoms with E-state index < -0.39 is 4.92 Å². The van der Waals surface area contributed by atoms with Crippen molar-refractivity contribution in [2.45, 2.75) is 6.61 Å². The Morgan fingerprint density at radius 3 is 2.57 bits per heavy atom. The molecular weight excluding hydrogens is 402 g/mol. The van der Waals surface area contributed by atoms with Gasteiger partial charge in [-0.2, -0.15) is 0 Å². The summed E-state index contributed by atoms with van der Waals surface area (Å²) in [6.45, 7) is 2.85. The van der Waals surface area contributed by atoms with Crippen molar-refractivity contribution in [3.05, 3.63) is 86.6 Å². The average Bonchev–Trinajstić information content (AvgIpc) is 3.31. The molecule has 0 atom stereocenters. The normalized spacial score (nSPS) is 13.9. The smallest absolute Gasteiger partial charge is 0.271 e. The average molecular weight is 423 g/mol. The number of non-ortho nitro benzene ring substituents is 1. The molecule has 1 amide bonds. The number of hydrogen-bond donors (Lipinski definition) is 0. The highest BCUT2D eigenvalue weighted by molar-refractivity contribution is 7.09. The summed E-state index contributed by atoms with van der Waals surface area (Å²) in [7, 11) is 0. The van der Waals surface area contributed by atoms with Crippen LogP contribution in [-0.4, -0.2) is 41.9 Å². The summed E-state index contributed by atoms with van der Waals surface area (Å²) in [4.78, 5) is 28.6. The number of carbonyl (C=O) groups excluding carboxylic acids is 1. The van der Waals surface area contributed by atoms with Crippen molar-refractivity contribution in [3.63, 3.8) is 0 Å². The third kappa shape index (κ3) is 4.60. The molecule has 1 saturated heterocycles. The van der Waals surface area contributed by atoms with Crippen molar-refractivity contribution in [3.8, 4) is 5.75 Å². The SMILES string of the molecule is O=C(c1cccc(OCc2cccs2)c1)N1CCN(c2cccc([N+](=O)[O-])c2)CC1. The lowest BCUT2D eigenvalue weighted by Gasteiger charge is -2.36. The van der Waals surface area contributed by atoms with E-state index in [1.807, 2.05) is 40.6 Å². The largest absolute Gasteiger partial charge is 0.488 e. The highest BCUT2D eigenvalue weighted by Gasteiger charge is 2.23. The van der Waals surface area contributed by atoms with Crippen LogP contribution < -0.4 is 9.64 Å². The Bertz CT molecular complexity index is 1030. The number of nitro benzene ring substituents is 1. The fourth-order valence-corrected chi connectivity index (χ4v) is 4.04. The lowest BCUT2D eigenvalue weighted by Crippen LogP contribution is -2.48. The second-order valence-electron chi connectivity index (χ2n) is 6.95. The van der Waals surface area contributed by atoms with Gasteiger partial charge in [-0.3, -0.25) is 14.9 Å². The van der Waals surface area contributed by atoms with Crippen molar-refractivity contribution in [2.24, 2.45) is 0 Å². The van der Waals surface area contributed by atoms with Gasteiger partial charge < -0.3 is 14.5 Å². The number of rotatable bonds is 6. The molecule has 1 aliphatic heterocycles. The maximum Gasteiger partial charge on any atom is 0.271 e. The number of anilines is 1. The molecule has 8 heteroatoms. The molecule has 7 nitrogen and oxygen atoms in total. The first-order chi connectivity index (χ1) is 14.6. The first kappa shape index (κ1) is 19.9. The number of hydrogen-bond acceptors (Lipinski definition) is 6. The fourth-order valence-electron chi connectivity index (χ4n) is 3.42. The van der Waals surface area contributed by atoms with Crippen molar-refractivity contribution in [2.75, 3.05) is 31.1 Å². The summed E-state index contributed by atoms with van der Waals surface area (Å²) in [5.74, 6) is 0.639. The Kier molecular flexibility index (Phi) is 5.94. The van der Waals surface area contributed by atoms with E-state index in [0.717, 1.165) is 10.6 Å². The van der Waals surface area contributed by atoms with Gasteiger partial charge in [0.15, 0.2) is 0 Å². The summed E-state index contributed by atoms with van der Waals surface area (Å²) in [6, 6.07) is 17.9. The molecule has 0 unspecified atom stereocenters. The van der Waals surface area contributed by atoms with Crippen LogP contribution >= 0.6 is 11.3 Å². The summed E-state index contributed by atoms with van der Waals surface area (Å²) in [5.41, 5.74) is 1.48. The van der Waals surface area contributed by atoms with Crippen LogP contribution in [0.3, 0.4) is 0 Å². The van der Waals surface area contributed by atoms with E-state index in [-0.39, 0.29) is 11.6 Å². The Balaban J connectivity index is 1.36. The van der Waals surface area contributed by atoms with Gasteiger partial charge >= 0.3 is 0 Å². The molecule has 0 aliphatic carbocycles. The topological polar surface area (TPSA) is 75.9 Å². The van der Waals surface area contributed by atoms with E-state index in [1.54, 1.807) is 35.6 Å². The van der Waals surface area contributed by atoms with Gasteiger partial charge in [-0.05, 0) is 35.7 Å². The molecule has 0 spiro atoms. The Labute approximate surface area is 178 Å². The lowest BCUT2D eigenvalue weighted by atomic mass is 10.1. The predicted octanol–water partition coefficient (Wildman–Crippen LogP) is 4.20. The van der Waals surface area contributed by atoms with Gasteiger partial charge in [0, 0.05) is 54.4 Å². The van der Waals surface area contributed by atoms with Gasteiger partial charge in [0.25, 0.3) is 11.6 Å².